The van der Waals surface area contributed by atoms with Crippen molar-refractivity contribution in [2.75, 3.05) is 13.2 Å². The third-order valence-electron chi connectivity index (χ3n) is 6.71. The molecule has 5 rings (SSSR count). The van der Waals surface area contributed by atoms with Crippen molar-refractivity contribution >= 4 is 16.9 Å². The van der Waals surface area contributed by atoms with Gasteiger partial charge in [-0.15, -0.1) is 0 Å². The van der Waals surface area contributed by atoms with Gasteiger partial charge < -0.3 is 14.0 Å². The van der Waals surface area contributed by atoms with Crippen molar-refractivity contribution in [3.05, 3.63) is 80.6 Å². The van der Waals surface area contributed by atoms with E-state index >= 15 is 0 Å². The lowest BCUT2D eigenvalue weighted by Crippen LogP contribution is -2.37. The van der Waals surface area contributed by atoms with Crippen LogP contribution in [0.2, 0.25) is 0 Å². The molecule has 2 aromatic carbocycles. The van der Waals surface area contributed by atoms with Crippen molar-refractivity contribution in [2.45, 2.75) is 33.7 Å². The van der Waals surface area contributed by atoms with E-state index in [0.717, 1.165) is 38.6 Å². The highest BCUT2D eigenvalue weighted by Gasteiger charge is 2.24. The first kappa shape index (κ1) is 24.4. The van der Waals surface area contributed by atoms with Crippen molar-refractivity contribution in [3.8, 4) is 22.8 Å². The highest BCUT2D eigenvalue weighted by atomic mass is 16.5. The average Bonchev–Trinajstić information content (AvgIpc) is 3.42. The summed E-state index contributed by atoms with van der Waals surface area (Å²) in [5.41, 5.74) is 4.00. The van der Waals surface area contributed by atoms with Gasteiger partial charge >= 0.3 is 5.69 Å². The Morgan fingerprint density at radius 3 is 2.30 bits per heavy atom. The number of aryl methyl sites for hydroxylation is 4. The van der Waals surface area contributed by atoms with Crippen LogP contribution in [-0.2, 0) is 27.1 Å². The van der Waals surface area contributed by atoms with Gasteiger partial charge in [0.25, 0.3) is 5.56 Å². The monoisotopic (exact) mass is 501 g/mol. The summed E-state index contributed by atoms with van der Waals surface area (Å²) in [6, 6.07) is 16.1. The zero-order valence-electron chi connectivity index (χ0n) is 21.8. The molecule has 0 N–H and O–H groups in total. The fraction of sp³-hybridized carbons (Fsp3) is 0.321. The van der Waals surface area contributed by atoms with Crippen molar-refractivity contribution in [1.82, 2.24) is 23.1 Å². The molecule has 0 saturated carbocycles. The van der Waals surface area contributed by atoms with Crippen LogP contribution in [0.25, 0.3) is 28.2 Å². The largest absolute Gasteiger partial charge is 0.490 e. The Bertz CT molecular complexity index is 1720. The van der Waals surface area contributed by atoms with Gasteiger partial charge in [0, 0.05) is 31.9 Å². The van der Waals surface area contributed by atoms with Crippen LogP contribution < -0.4 is 20.7 Å². The van der Waals surface area contributed by atoms with Gasteiger partial charge in [-0.2, -0.15) is 4.98 Å². The zero-order valence-corrected chi connectivity index (χ0v) is 21.8. The Morgan fingerprint density at radius 2 is 1.59 bits per heavy atom. The first-order valence-corrected chi connectivity index (χ1v) is 12.5. The number of rotatable bonds is 8. The summed E-state index contributed by atoms with van der Waals surface area (Å²) >= 11 is 0. The molecular formula is C28H31N5O4. The molecule has 5 aromatic rings. The molecule has 3 heterocycles. The van der Waals surface area contributed by atoms with E-state index in [-0.39, 0.29) is 5.56 Å². The number of aromatic nitrogens is 5. The molecule has 0 aliphatic rings. The summed E-state index contributed by atoms with van der Waals surface area (Å²) in [7, 11) is 3.14. The van der Waals surface area contributed by atoms with Crippen LogP contribution >= 0.6 is 0 Å². The fourth-order valence-electron chi connectivity index (χ4n) is 4.95. The minimum atomic E-state index is -0.399. The Kier molecular flexibility index (Phi) is 6.37. The summed E-state index contributed by atoms with van der Waals surface area (Å²) in [4.78, 5) is 30.6. The number of ether oxygens (including phenoxy) is 2. The molecule has 0 bridgehead atoms. The van der Waals surface area contributed by atoms with E-state index in [9.17, 15) is 9.59 Å². The highest BCUT2D eigenvalue weighted by Crippen LogP contribution is 2.32. The Morgan fingerprint density at radius 1 is 0.892 bits per heavy atom. The molecule has 3 aromatic heterocycles. The van der Waals surface area contributed by atoms with E-state index in [0.29, 0.717) is 43.1 Å². The van der Waals surface area contributed by atoms with E-state index in [4.69, 9.17) is 14.5 Å². The maximum absolute atomic E-state index is 13.2. The van der Waals surface area contributed by atoms with Gasteiger partial charge in [0.1, 0.15) is 0 Å². The summed E-state index contributed by atoms with van der Waals surface area (Å²) in [5.74, 6) is 2.08. The average molecular weight is 502 g/mol. The quantitative estimate of drug-likeness (QED) is 0.324. The number of imidazole rings is 2. The van der Waals surface area contributed by atoms with E-state index in [1.807, 2.05) is 61.6 Å². The Labute approximate surface area is 214 Å². The van der Waals surface area contributed by atoms with Gasteiger partial charge in [-0.3, -0.25) is 18.3 Å². The maximum atomic E-state index is 13.2. The standard InChI is InChI=1S/C28H31N5O4/c1-6-36-21-14-13-19(17-22(21)37-7-2)15-16-32-23(20-11-9-8-10-12-20)18(3)33-24-25(29-27(32)33)30(4)28(35)31(5)26(24)34/h8-14,17H,6-7,15-16H2,1-5H3. The molecule has 0 amide bonds. The van der Waals surface area contributed by atoms with Crippen molar-refractivity contribution in [1.29, 1.82) is 0 Å². The molecule has 0 fully saturated rings. The van der Waals surface area contributed by atoms with E-state index < -0.39 is 5.69 Å². The van der Waals surface area contributed by atoms with E-state index in [1.54, 1.807) is 7.05 Å². The molecule has 0 atom stereocenters. The van der Waals surface area contributed by atoms with E-state index in [2.05, 4.69) is 16.7 Å². The van der Waals surface area contributed by atoms with Crippen molar-refractivity contribution in [3.63, 3.8) is 0 Å². The fourth-order valence-corrected chi connectivity index (χ4v) is 4.95. The van der Waals surface area contributed by atoms with Gasteiger partial charge in [0.05, 0.1) is 18.9 Å². The van der Waals surface area contributed by atoms with Gasteiger partial charge in [-0.25, -0.2) is 4.79 Å². The van der Waals surface area contributed by atoms with Crippen LogP contribution in [0.1, 0.15) is 25.1 Å². The third-order valence-corrected chi connectivity index (χ3v) is 6.71. The number of fused-ring (bicyclic) bond motifs is 3. The molecule has 0 radical (unpaired) electrons. The van der Waals surface area contributed by atoms with Crippen LogP contribution in [0, 0.1) is 6.92 Å². The third kappa shape index (κ3) is 4.00. The SMILES string of the molecule is CCOc1ccc(CCn2c(-c3ccccc3)c(C)n3c4c(=O)n(C)c(=O)n(C)c4nc23)cc1OCC. The second kappa shape index (κ2) is 9.65. The molecule has 192 valence electrons. The maximum Gasteiger partial charge on any atom is 0.332 e. The predicted octanol–water partition coefficient (Wildman–Crippen LogP) is 3.70. The molecule has 0 saturated heterocycles. The van der Waals surface area contributed by atoms with Crippen molar-refractivity contribution < 1.29 is 9.47 Å². The van der Waals surface area contributed by atoms with Gasteiger partial charge in [0.15, 0.2) is 22.7 Å². The van der Waals surface area contributed by atoms with Gasteiger partial charge in [0.2, 0.25) is 5.78 Å². The molecule has 0 aliphatic carbocycles. The number of nitrogens with zero attached hydrogens (tertiary/aromatic N) is 5. The minimum absolute atomic E-state index is 0.363. The number of hydrogen-bond acceptors (Lipinski definition) is 5. The molecule has 0 aliphatic heterocycles. The smallest absolute Gasteiger partial charge is 0.332 e. The molecule has 9 nitrogen and oxygen atoms in total. The van der Waals surface area contributed by atoms with Gasteiger partial charge in [-0.1, -0.05) is 36.4 Å². The lowest BCUT2D eigenvalue weighted by Gasteiger charge is -2.14. The van der Waals surface area contributed by atoms with Crippen LogP contribution in [0.3, 0.4) is 0 Å². The van der Waals surface area contributed by atoms with Crippen LogP contribution in [0.5, 0.6) is 11.5 Å². The number of benzene rings is 2. The first-order valence-electron chi connectivity index (χ1n) is 12.5. The molecule has 37 heavy (non-hydrogen) atoms. The topological polar surface area (TPSA) is 84.7 Å². The van der Waals surface area contributed by atoms with Crippen LogP contribution in [0.15, 0.2) is 58.1 Å². The highest BCUT2D eigenvalue weighted by molar-refractivity contribution is 5.79. The second-order valence-corrected chi connectivity index (χ2v) is 8.97. The molecular weight excluding hydrogens is 470 g/mol. The molecule has 9 heteroatoms. The summed E-state index contributed by atoms with van der Waals surface area (Å²) in [6.45, 7) is 7.62. The summed E-state index contributed by atoms with van der Waals surface area (Å²) < 4.78 is 18.1. The van der Waals surface area contributed by atoms with Gasteiger partial charge in [-0.05, 0) is 44.9 Å². The van der Waals surface area contributed by atoms with E-state index in [1.165, 1.54) is 11.6 Å². The molecule has 0 spiro atoms. The summed E-state index contributed by atoms with van der Waals surface area (Å²) in [6.07, 6.45) is 0.705. The Hall–Kier alpha value is -4.27. The summed E-state index contributed by atoms with van der Waals surface area (Å²) in [5, 5.41) is 0. The predicted molar refractivity (Wildman–Crippen MR) is 144 cm³/mol. The first-order chi connectivity index (χ1) is 17.9. The number of hydrogen-bond donors (Lipinski definition) is 0. The Balaban J connectivity index is 1.69. The van der Waals surface area contributed by atoms with Crippen LogP contribution in [0.4, 0.5) is 0 Å². The minimum Gasteiger partial charge on any atom is -0.490 e. The normalized spacial score (nSPS) is 11.5. The second-order valence-electron chi connectivity index (χ2n) is 8.97. The van der Waals surface area contributed by atoms with Crippen LogP contribution in [-0.4, -0.2) is 36.3 Å². The lowest BCUT2D eigenvalue weighted by molar-refractivity contribution is 0.287. The van der Waals surface area contributed by atoms with Crippen molar-refractivity contribution in [2.24, 2.45) is 14.1 Å². The zero-order chi connectivity index (χ0) is 26.3. The lowest BCUT2D eigenvalue weighted by atomic mass is 10.1. The molecule has 0 unspecified atom stereocenters.